The smallest absolute Gasteiger partial charge is 0.336 e. The van der Waals surface area contributed by atoms with E-state index in [4.69, 9.17) is 5.11 Å². The van der Waals surface area contributed by atoms with Gasteiger partial charge in [-0.1, -0.05) is 25.0 Å². The molecule has 1 aliphatic rings. The number of carboxylic acids is 1. The molecule has 0 aromatic heterocycles. The summed E-state index contributed by atoms with van der Waals surface area (Å²) in [5.41, 5.74) is -0.0144. The van der Waals surface area contributed by atoms with Crippen molar-refractivity contribution in [3.63, 3.8) is 0 Å². The van der Waals surface area contributed by atoms with E-state index in [9.17, 15) is 13.8 Å². The molecule has 2 rings (SSSR count). The molecule has 1 saturated carbocycles. The molecule has 20 heavy (non-hydrogen) atoms. The number of nitrogens with one attached hydrogen (secondary N) is 1. The minimum atomic E-state index is -1.64. The first-order valence-corrected chi connectivity index (χ1v) is 7.90. The average molecular weight is 295 g/mol. The molecule has 1 aliphatic carbocycles. The van der Waals surface area contributed by atoms with Crippen molar-refractivity contribution in [2.75, 3.05) is 5.75 Å². The van der Waals surface area contributed by atoms with Gasteiger partial charge in [-0.25, -0.2) is 4.79 Å². The molecule has 1 aromatic rings. The molecule has 0 spiro atoms. The summed E-state index contributed by atoms with van der Waals surface area (Å²) in [5.74, 6) is -1.61. The molecular formula is C14H17NO4S. The van der Waals surface area contributed by atoms with Crippen LogP contribution < -0.4 is 5.32 Å². The molecule has 1 fully saturated rings. The molecule has 0 bridgehead atoms. The first-order chi connectivity index (χ1) is 9.58. The second-order valence-corrected chi connectivity index (χ2v) is 6.26. The zero-order valence-electron chi connectivity index (χ0n) is 11.0. The quantitative estimate of drug-likeness (QED) is 0.863. The van der Waals surface area contributed by atoms with Gasteiger partial charge < -0.3 is 10.4 Å². The molecule has 1 unspecified atom stereocenters. The SMILES string of the molecule is O=C(CS(=O)c1ccccc1C(=O)O)NC1CCCC1. The van der Waals surface area contributed by atoms with Crippen LogP contribution in [0.3, 0.4) is 0 Å². The highest BCUT2D eigenvalue weighted by atomic mass is 32.2. The minimum Gasteiger partial charge on any atom is -0.478 e. The maximum Gasteiger partial charge on any atom is 0.336 e. The van der Waals surface area contributed by atoms with Crippen LogP contribution in [0.15, 0.2) is 29.2 Å². The van der Waals surface area contributed by atoms with Gasteiger partial charge in [-0.05, 0) is 25.0 Å². The Morgan fingerprint density at radius 3 is 2.55 bits per heavy atom. The fourth-order valence-electron chi connectivity index (χ4n) is 2.38. The standard InChI is InChI=1S/C14H17NO4S/c16-13(15-10-5-1-2-6-10)9-20(19)12-8-4-3-7-11(12)14(17)18/h3-4,7-8,10H,1-2,5-6,9H2,(H,15,16)(H,17,18). The second kappa shape index (κ2) is 6.65. The van der Waals surface area contributed by atoms with Gasteiger partial charge in [-0.15, -0.1) is 0 Å². The molecule has 1 atom stereocenters. The van der Waals surface area contributed by atoms with E-state index in [2.05, 4.69) is 5.32 Å². The summed E-state index contributed by atoms with van der Waals surface area (Å²) in [6, 6.07) is 6.25. The van der Waals surface area contributed by atoms with Crippen molar-refractivity contribution in [1.82, 2.24) is 5.32 Å². The second-order valence-electron chi connectivity index (χ2n) is 4.84. The van der Waals surface area contributed by atoms with Crippen LogP contribution in [0, 0.1) is 0 Å². The summed E-state index contributed by atoms with van der Waals surface area (Å²) >= 11 is 0. The molecule has 2 N–H and O–H groups in total. The summed E-state index contributed by atoms with van der Waals surface area (Å²) in [6.45, 7) is 0. The van der Waals surface area contributed by atoms with Crippen LogP contribution in [0.1, 0.15) is 36.0 Å². The highest BCUT2D eigenvalue weighted by molar-refractivity contribution is 7.85. The van der Waals surface area contributed by atoms with Crippen molar-refractivity contribution < 1.29 is 18.9 Å². The molecule has 0 radical (unpaired) electrons. The number of carbonyl (C=O) groups excluding carboxylic acids is 1. The average Bonchev–Trinajstić information content (AvgIpc) is 2.91. The van der Waals surface area contributed by atoms with E-state index in [0.29, 0.717) is 0 Å². The van der Waals surface area contributed by atoms with Crippen molar-refractivity contribution in [1.29, 1.82) is 0 Å². The van der Waals surface area contributed by atoms with Gasteiger partial charge >= 0.3 is 5.97 Å². The number of carbonyl (C=O) groups is 2. The lowest BCUT2D eigenvalue weighted by Gasteiger charge is -2.12. The Morgan fingerprint density at radius 2 is 1.90 bits per heavy atom. The Hall–Kier alpha value is -1.69. The molecule has 0 aliphatic heterocycles. The fourth-order valence-corrected chi connectivity index (χ4v) is 3.49. The maximum absolute atomic E-state index is 12.1. The zero-order chi connectivity index (χ0) is 14.5. The summed E-state index contributed by atoms with van der Waals surface area (Å²) in [6.07, 6.45) is 4.14. The number of carboxylic acid groups (broad SMARTS) is 1. The third kappa shape index (κ3) is 3.66. The van der Waals surface area contributed by atoms with Crippen molar-refractivity contribution in [2.45, 2.75) is 36.6 Å². The molecule has 0 heterocycles. The monoisotopic (exact) mass is 295 g/mol. The largest absolute Gasteiger partial charge is 0.478 e. The van der Waals surface area contributed by atoms with Crippen LogP contribution in [0.2, 0.25) is 0 Å². The highest BCUT2D eigenvalue weighted by Gasteiger charge is 2.20. The van der Waals surface area contributed by atoms with Crippen molar-refractivity contribution in [3.8, 4) is 0 Å². The number of hydrogen-bond donors (Lipinski definition) is 2. The van der Waals surface area contributed by atoms with Crippen LogP contribution >= 0.6 is 0 Å². The van der Waals surface area contributed by atoms with E-state index >= 15 is 0 Å². The minimum absolute atomic E-state index is 0.0144. The number of aromatic carboxylic acids is 1. The zero-order valence-corrected chi connectivity index (χ0v) is 11.8. The van der Waals surface area contributed by atoms with Gasteiger partial charge in [-0.3, -0.25) is 9.00 Å². The Labute approximate surface area is 119 Å². The predicted molar refractivity (Wildman–Crippen MR) is 75.1 cm³/mol. The Kier molecular flexibility index (Phi) is 4.89. The third-order valence-corrected chi connectivity index (χ3v) is 4.72. The van der Waals surface area contributed by atoms with Crippen molar-refractivity contribution in [3.05, 3.63) is 29.8 Å². The Bertz CT molecular complexity index is 538. The number of rotatable bonds is 5. The van der Waals surface area contributed by atoms with Crippen LogP contribution in [-0.2, 0) is 15.6 Å². The van der Waals surface area contributed by atoms with E-state index in [0.717, 1.165) is 25.7 Å². The summed E-state index contributed by atoms with van der Waals surface area (Å²) in [7, 11) is -1.64. The van der Waals surface area contributed by atoms with E-state index in [-0.39, 0.29) is 28.2 Å². The lowest BCUT2D eigenvalue weighted by Crippen LogP contribution is -2.35. The van der Waals surface area contributed by atoms with Gasteiger partial charge in [0, 0.05) is 6.04 Å². The van der Waals surface area contributed by atoms with Gasteiger partial charge in [0.05, 0.1) is 21.3 Å². The van der Waals surface area contributed by atoms with Crippen molar-refractivity contribution >= 4 is 22.7 Å². The highest BCUT2D eigenvalue weighted by Crippen LogP contribution is 2.18. The Morgan fingerprint density at radius 1 is 1.25 bits per heavy atom. The van der Waals surface area contributed by atoms with Crippen LogP contribution in [-0.4, -0.2) is 33.0 Å². The van der Waals surface area contributed by atoms with Crippen LogP contribution in [0.25, 0.3) is 0 Å². The van der Waals surface area contributed by atoms with Gasteiger partial charge in [-0.2, -0.15) is 0 Å². The number of amides is 1. The van der Waals surface area contributed by atoms with E-state index in [1.54, 1.807) is 12.1 Å². The van der Waals surface area contributed by atoms with Crippen molar-refractivity contribution in [2.24, 2.45) is 0 Å². The topological polar surface area (TPSA) is 83.5 Å². The molecule has 6 heteroatoms. The summed E-state index contributed by atoms with van der Waals surface area (Å²) in [5, 5.41) is 11.9. The normalized spacial score (nSPS) is 16.8. The van der Waals surface area contributed by atoms with E-state index in [1.807, 2.05) is 0 Å². The van der Waals surface area contributed by atoms with Gasteiger partial charge in [0.1, 0.15) is 5.75 Å². The molecule has 0 saturated heterocycles. The first-order valence-electron chi connectivity index (χ1n) is 6.58. The summed E-state index contributed by atoms with van der Waals surface area (Å²) in [4.78, 5) is 23.1. The molecule has 108 valence electrons. The first kappa shape index (κ1) is 14.7. The number of benzene rings is 1. The van der Waals surface area contributed by atoms with Gasteiger partial charge in [0.25, 0.3) is 0 Å². The fraction of sp³-hybridized carbons (Fsp3) is 0.429. The lowest BCUT2D eigenvalue weighted by atomic mass is 10.2. The maximum atomic E-state index is 12.1. The van der Waals surface area contributed by atoms with Gasteiger partial charge in [0.15, 0.2) is 0 Å². The molecule has 1 amide bonds. The predicted octanol–water partition coefficient (Wildman–Crippen LogP) is 1.55. The molecule has 5 nitrogen and oxygen atoms in total. The molecular weight excluding hydrogens is 278 g/mol. The van der Waals surface area contributed by atoms with E-state index in [1.165, 1.54) is 12.1 Å². The van der Waals surface area contributed by atoms with Crippen LogP contribution in [0.4, 0.5) is 0 Å². The van der Waals surface area contributed by atoms with E-state index < -0.39 is 16.8 Å². The number of hydrogen-bond acceptors (Lipinski definition) is 3. The summed E-state index contributed by atoms with van der Waals surface area (Å²) < 4.78 is 12.1. The van der Waals surface area contributed by atoms with Gasteiger partial charge in [0.2, 0.25) is 5.91 Å². The molecule has 1 aromatic carbocycles. The Balaban J connectivity index is 2.00. The lowest BCUT2D eigenvalue weighted by molar-refractivity contribution is -0.119. The van der Waals surface area contributed by atoms with Crippen LogP contribution in [0.5, 0.6) is 0 Å². The third-order valence-electron chi connectivity index (χ3n) is 3.35.